The van der Waals surface area contributed by atoms with Gasteiger partial charge in [-0.3, -0.25) is 13.9 Å². The molecule has 0 aromatic rings. The molecule has 0 bridgehead atoms. The van der Waals surface area contributed by atoms with Crippen LogP contribution < -0.4 is 5.32 Å². The molecular weight excluding hydrogens is 534 g/mol. The monoisotopic (exact) mass is 579 g/mol. The molecule has 0 radical (unpaired) electrons. The number of fused-ring (bicyclic) bond motifs is 5. The van der Waals surface area contributed by atoms with Crippen molar-refractivity contribution in [3.63, 3.8) is 0 Å². The predicted octanol–water partition coefficient (Wildman–Crippen LogP) is 3.22. The van der Waals surface area contributed by atoms with E-state index in [1.165, 1.54) is 0 Å². The highest BCUT2D eigenvalue weighted by Gasteiger charge is 2.63. The molecule has 0 aromatic heterocycles. The molecule has 12 heteroatoms. The molecule has 0 heterocycles. The van der Waals surface area contributed by atoms with Crippen LogP contribution in [0, 0.1) is 46.3 Å². The van der Waals surface area contributed by atoms with E-state index in [1.54, 1.807) is 0 Å². The van der Waals surface area contributed by atoms with Crippen LogP contribution in [-0.4, -0.2) is 61.5 Å². The Labute approximate surface area is 227 Å². The maximum Gasteiger partial charge on any atom is 0.397 e. The van der Waals surface area contributed by atoms with Crippen LogP contribution in [0.2, 0.25) is 0 Å². The Morgan fingerprint density at radius 2 is 1.66 bits per heavy atom. The van der Waals surface area contributed by atoms with Crippen LogP contribution in [0.25, 0.3) is 0 Å². The second-order valence-electron chi connectivity index (χ2n) is 13.1. The number of hydrogen-bond acceptors (Lipinski definition) is 7. The summed E-state index contributed by atoms with van der Waals surface area (Å²) in [6, 6.07) is 0. The minimum Gasteiger partial charge on any atom is -0.393 e. The van der Waals surface area contributed by atoms with Crippen LogP contribution in [-0.2, 0) is 29.5 Å². The summed E-state index contributed by atoms with van der Waals surface area (Å²) < 4.78 is 67.2. The van der Waals surface area contributed by atoms with Crippen molar-refractivity contribution in [1.82, 2.24) is 5.32 Å². The van der Waals surface area contributed by atoms with Gasteiger partial charge in [-0.15, -0.1) is 0 Å². The first-order valence-corrected chi connectivity index (χ1v) is 17.1. The number of hydrogen-bond donors (Lipinski definition) is 4. The second-order valence-corrected chi connectivity index (χ2v) is 15.7. The smallest absolute Gasteiger partial charge is 0.393 e. The fraction of sp³-hybridized carbons (Fsp3) is 0.962. The first-order chi connectivity index (χ1) is 17.5. The van der Waals surface area contributed by atoms with E-state index in [9.17, 15) is 26.7 Å². The Morgan fingerprint density at radius 1 is 1.00 bits per heavy atom. The van der Waals surface area contributed by atoms with Crippen molar-refractivity contribution >= 4 is 26.4 Å². The zero-order valence-electron chi connectivity index (χ0n) is 22.7. The van der Waals surface area contributed by atoms with E-state index in [0.717, 1.165) is 32.1 Å². The summed E-state index contributed by atoms with van der Waals surface area (Å²) in [6.45, 7) is 6.77. The highest BCUT2D eigenvalue weighted by atomic mass is 32.3. The van der Waals surface area contributed by atoms with Gasteiger partial charge in [0.25, 0.3) is 10.1 Å². The lowest BCUT2D eigenvalue weighted by atomic mass is 9.43. The Hall–Kier alpha value is -0.790. The molecule has 4 N–H and O–H groups in total. The number of aliphatic hydroxyl groups excluding tert-OH is 1. The molecule has 38 heavy (non-hydrogen) atoms. The van der Waals surface area contributed by atoms with Gasteiger partial charge in [0, 0.05) is 13.0 Å². The average molecular weight is 580 g/mol. The molecule has 0 unspecified atom stereocenters. The van der Waals surface area contributed by atoms with E-state index in [1.807, 2.05) is 0 Å². The molecule has 0 aromatic carbocycles. The van der Waals surface area contributed by atoms with Crippen LogP contribution in [0.1, 0.15) is 85.0 Å². The van der Waals surface area contributed by atoms with Gasteiger partial charge >= 0.3 is 10.4 Å². The highest BCUT2D eigenvalue weighted by molar-refractivity contribution is 7.85. The molecule has 220 valence electrons. The van der Waals surface area contributed by atoms with Gasteiger partial charge in [-0.1, -0.05) is 20.8 Å². The topological polar surface area (TPSA) is 167 Å². The molecule has 0 saturated heterocycles. The van der Waals surface area contributed by atoms with Gasteiger partial charge in [0.05, 0.1) is 18.0 Å². The number of carbonyl (C=O) groups is 1. The zero-order valence-corrected chi connectivity index (χ0v) is 24.3. The van der Waals surface area contributed by atoms with E-state index >= 15 is 0 Å². The van der Waals surface area contributed by atoms with Gasteiger partial charge in [0.2, 0.25) is 5.91 Å². The summed E-state index contributed by atoms with van der Waals surface area (Å²) in [4.78, 5) is 12.2. The lowest BCUT2D eigenvalue weighted by Gasteiger charge is -2.62. The third-order valence-electron chi connectivity index (χ3n) is 11.2. The lowest BCUT2D eigenvalue weighted by molar-refractivity contribution is -0.172. The minimum atomic E-state index is -4.50. The van der Waals surface area contributed by atoms with Gasteiger partial charge in [0.15, 0.2) is 0 Å². The number of aliphatic hydroxyl groups is 1. The molecule has 1 amide bonds. The zero-order chi connectivity index (χ0) is 28.1. The van der Waals surface area contributed by atoms with Crippen molar-refractivity contribution < 1.29 is 40.0 Å². The molecule has 4 aliphatic rings. The second kappa shape index (κ2) is 10.9. The van der Waals surface area contributed by atoms with Crippen LogP contribution in [0.15, 0.2) is 0 Å². The van der Waals surface area contributed by atoms with E-state index < -0.39 is 38.5 Å². The molecule has 4 rings (SSSR count). The number of nitrogens with one attached hydrogen (secondary N) is 1. The molecule has 4 aliphatic carbocycles. The first-order valence-electron chi connectivity index (χ1n) is 14.1. The van der Waals surface area contributed by atoms with Crippen molar-refractivity contribution in [3.05, 3.63) is 0 Å². The van der Waals surface area contributed by atoms with E-state index in [-0.39, 0.29) is 35.1 Å². The van der Waals surface area contributed by atoms with Gasteiger partial charge in [-0.25, -0.2) is 4.18 Å². The molecule has 10 atom stereocenters. The Bertz CT molecular complexity index is 1100. The minimum absolute atomic E-state index is 0.00808. The Morgan fingerprint density at radius 3 is 2.32 bits per heavy atom. The fourth-order valence-electron chi connectivity index (χ4n) is 9.39. The SMILES string of the molecule is C[C@H](CCC(=O)NCCS(=O)(=O)O)[C@H]1CC[C@H]2[C@@H]3[C@@H](O)C[C@@H]4C[C@H](OS(=O)(=O)O)CC[C@]4(C)[C@H]3CC[C@]12C. The number of amides is 1. The van der Waals surface area contributed by atoms with Gasteiger partial charge in [-0.05, 0) is 104 Å². The molecule has 4 saturated carbocycles. The third-order valence-corrected chi connectivity index (χ3v) is 12.4. The maximum atomic E-state index is 12.2. The lowest BCUT2D eigenvalue weighted by Crippen LogP contribution is -2.58. The maximum absolute atomic E-state index is 12.2. The molecular formula is C26H45NO9S2. The van der Waals surface area contributed by atoms with Crippen LogP contribution >= 0.6 is 0 Å². The standard InChI is InChI=1S/C26H45NO9S2/c1-16(4-7-23(29)27-12-13-37(30,31)32)19-5-6-20-24-21(9-11-26(19,20)3)25(2)10-8-18(36-38(33,34)35)14-17(25)15-22(24)28/h16-22,24,28H,4-15H2,1-3H3,(H,27,29)(H,30,31,32)(H,33,34,35)/t16-,17+,18-,19-,20+,21+,22+,24+,25+,26-/m1/s1. The van der Waals surface area contributed by atoms with Gasteiger partial charge in [-0.2, -0.15) is 16.8 Å². The number of rotatable bonds is 9. The van der Waals surface area contributed by atoms with Crippen molar-refractivity contribution in [2.24, 2.45) is 46.3 Å². The fourth-order valence-corrected chi connectivity index (χ4v) is 10.3. The van der Waals surface area contributed by atoms with E-state index in [4.69, 9.17) is 13.3 Å². The summed E-state index contributed by atoms with van der Waals surface area (Å²) in [5.74, 6) is 1.17. The first kappa shape index (κ1) is 30.2. The molecule has 0 spiro atoms. The van der Waals surface area contributed by atoms with Gasteiger partial charge in [0.1, 0.15) is 0 Å². The summed E-state index contributed by atoms with van der Waals surface area (Å²) >= 11 is 0. The predicted molar refractivity (Wildman–Crippen MR) is 141 cm³/mol. The Kier molecular flexibility index (Phi) is 8.65. The molecule has 10 nitrogen and oxygen atoms in total. The summed E-state index contributed by atoms with van der Waals surface area (Å²) in [6.07, 6.45) is 6.79. The van der Waals surface area contributed by atoms with E-state index in [0.29, 0.717) is 55.8 Å². The van der Waals surface area contributed by atoms with Crippen LogP contribution in [0.5, 0.6) is 0 Å². The van der Waals surface area contributed by atoms with Gasteiger partial charge < -0.3 is 10.4 Å². The van der Waals surface area contributed by atoms with E-state index in [2.05, 4.69) is 26.1 Å². The van der Waals surface area contributed by atoms with Crippen molar-refractivity contribution in [2.45, 2.75) is 97.2 Å². The molecule has 4 fully saturated rings. The normalized spacial score (nSPS) is 42.0. The van der Waals surface area contributed by atoms with Crippen LogP contribution in [0.4, 0.5) is 0 Å². The Balaban J connectivity index is 1.39. The number of carbonyl (C=O) groups excluding carboxylic acids is 1. The summed E-state index contributed by atoms with van der Waals surface area (Å²) in [5.41, 5.74) is 0.0889. The van der Waals surface area contributed by atoms with Crippen LogP contribution in [0.3, 0.4) is 0 Å². The summed E-state index contributed by atoms with van der Waals surface area (Å²) in [5, 5.41) is 14.0. The molecule has 0 aliphatic heterocycles. The largest absolute Gasteiger partial charge is 0.397 e. The van der Waals surface area contributed by atoms with Crippen molar-refractivity contribution in [3.8, 4) is 0 Å². The van der Waals surface area contributed by atoms with Crippen molar-refractivity contribution in [1.29, 1.82) is 0 Å². The third kappa shape index (κ3) is 6.25. The summed E-state index contributed by atoms with van der Waals surface area (Å²) in [7, 11) is -8.59. The highest BCUT2D eigenvalue weighted by Crippen LogP contribution is 2.68. The van der Waals surface area contributed by atoms with Crippen molar-refractivity contribution in [2.75, 3.05) is 12.3 Å². The average Bonchev–Trinajstić information content (AvgIpc) is 3.14. The quantitative estimate of drug-likeness (QED) is 0.300.